The van der Waals surface area contributed by atoms with Crippen LogP contribution in [0.1, 0.15) is 24.1 Å². The van der Waals surface area contributed by atoms with Crippen LogP contribution in [0.25, 0.3) is 0 Å². The molecule has 19 heavy (non-hydrogen) atoms. The number of aliphatic hydroxyl groups is 1. The van der Waals surface area contributed by atoms with Crippen LogP contribution in [0.15, 0.2) is 48.5 Å². The van der Waals surface area contributed by atoms with E-state index in [1.807, 2.05) is 36.4 Å². The molecule has 0 fully saturated rings. The maximum Gasteiger partial charge on any atom is 0.124 e. The first-order chi connectivity index (χ1) is 9.24. The summed E-state index contributed by atoms with van der Waals surface area (Å²) in [7, 11) is 1.61. The molecule has 0 bridgehead atoms. The van der Waals surface area contributed by atoms with E-state index in [2.05, 4.69) is 24.4 Å². The first-order valence-corrected chi connectivity index (χ1v) is 6.34. The second-order valence-electron chi connectivity index (χ2n) is 4.46. The minimum Gasteiger partial charge on any atom is -0.496 e. The molecule has 0 aromatic heterocycles. The molecule has 1 atom stereocenters. The number of anilines is 1. The van der Waals surface area contributed by atoms with Gasteiger partial charge in [0, 0.05) is 17.3 Å². The van der Waals surface area contributed by atoms with Crippen LogP contribution in [0.4, 0.5) is 5.69 Å². The van der Waals surface area contributed by atoms with Crippen LogP contribution < -0.4 is 10.1 Å². The zero-order chi connectivity index (χ0) is 13.7. The Balaban J connectivity index is 2.15. The first kappa shape index (κ1) is 13.4. The van der Waals surface area contributed by atoms with Gasteiger partial charge in [0.25, 0.3) is 0 Å². The van der Waals surface area contributed by atoms with Crippen LogP contribution in [0, 0.1) is 0 Å². The fraction of sp³-hybridized carbons (Fsp3) is 0.250. The molecule has 3 heteroatoms. The van der Waals surface area contributed by atoms with Crippen LogP contribution in [-0.4, -0.2) is 12.2 Å². The second-order valence-corrected chi connectivity index (χ2v) is 4.46. The third-order valence-electron chi connectivity index (χ3n) is 3.13. The highest BCUT2D eigenvalue weighted by Gasteiger charge is 2.07. The van der Waals surface area contributed by atoms with Crippen molar-refractivity contribution in [2.24, 2.45) is 0 Å². The third kappa shape index (κ3) is 3.26. The minimum absolute atomic E-state index is 0.0294. The van der Waals surface area contributed by atoms with Crippen molar-refractivity contribution in [2.45, 2.75) is 19.6 Å². The fourth-order valence-electron chi connectivity index (χ4n) is 2.07. The second kappa shape index (κ2) is 6.25. The molecular formula is C16H19NO2. The summed E-state index contributed by atoms with van der Waals surface area (Å²) in [4.78, 5) is 0. The van der Waals surface area contributed by atoms with Gasteiger partial charge in [-0.1, -0.05) is 30.3 Å². The molecule has 0 aliphatic heterocycles. The van der Waals surface area contributed by atoms with E-state index >= 15 is 0 Å². The van der Waals surface area contributed by atoms with Gasteiger partial charge in [0.1, 0.15) is 5.75 Å². The normalized spacial score (nSPS) is 11.9. The van der Waals surface area contributed by atoms with E-state index in [0.717, 1.165) is 11.3 Å². The maximum absolute atomic E-state index is 9.32. The first-order valence-electron chi connectivity index (χ1n) is 6.34. The maximum atomic E-state index is 9.32. The summed E-state index contributed by atoms with van der Waals surface area (Å²) >= 11 is 0. The van der Waals surface area contributed by atoms with Gasteiger partial charge in [-0.15, -0.1) is 0 Å². The van der Waals surface area contributed by atoms with Crippen molar-refractivity contribution in [2.75, 3.05) is 12.4 Å². The van der Waals surface area contributed by atoms with E-state index in [1.165, 1.54) is 5.56 Å². The fourth-order valence-corrected chi connectivity index (χ4v) is 2.07. The number of nitrogens with one attached hydrogen (secondary N) is 1. The van der Waals surface area contributed by atoms with Gasteiger partial charge in [-0.25, -0.2) is 0 Å². The van der Waals surface area contributed by atoms with E-state index in [9.17, 15) is 5.11 Å². The summed E-state index contributed by atoms with van der Waals surface area (Å²) in [6.45, 7) is 2.08. The number of ether oxygens (including phenoxy) is 1. The quantitative estimate of drug-likeness (QED) is 0.863. The minimum atomic E-state index is -0.0294. The Morgan fingerprint density at radius 3 is 2.53 bits per heavy atom. The Hall–Kier alpha value is -2.00. The standard InChI is InChI=1S/C16H19NO2/c1-12(13-6-4-3-5-7-13)17-15-8-9-16(19-2)14(10-15)11-18/h3-10,12,17-18H,11H2,1-2H3. The lowest BCUT2D eigenvalue weighted by Crippen LogP contribution is -2.07. The van der Waals surface area contributed by atoms with Crippen LogP contribution in [-0.2, 0) is 6.61 Å². The summed E-state index contributed by atoms with van der Waals surface area (Å²) in [5.41, 5.74) is 2.98. The van der Waals surface area contributed by atoms with E-state index < -0.39 is 0 Å². The summed E-state index contributed by atoms with van der Waals surface area (Å²) in [5, 5.41) is 12.7. The summed E-state index contributed by atoms with van der Waals surface area (Å²) < 4.78 is 5.19. The van der Waals surface area contributed by atoms with E-state index in [0.29, 0.717) is 5.75 Å². The third-order valence-corrected chi connectivity index (χ3v) is 3.13. The zero-order valence-corrected chi connectivity index (χ0v) is 11.3. The zero-order valence-electron chi connectivity index (χ0n) is 11.3. The molecule has 2 aromatic rings. The predicted molar refractivity (Wildman–Crippen MR) is 77.4 cm³/mol. The van der Waals surface area contributed by atoms with Crippen molar-refractivity contribution >= 4 is 5.69 Å². The molecule has 1 unspecified atom stereocenters. The Morgan fingerprint density at radius 1 is 1.16 bits per heavy atom. The number of hydrogen-bond acceptors (Lipinski definition) is 3. The highest BCUT2D eigenvalue weighted by molar-refractivity contribution is 5.52. The van der Waals surface area contributed by atoms with Gasteiger partial charge in [-0.05, 0) is 30.7 Å². The lowest BCUT2D eigenvalue weighted by Gasteiger charge is -2.17. The van der Waals surface area contributed by atoms with Crippen LogP contribution in [0.2, 0.25) is 0 Å². The summed E-state index contributed by atoms with van der Waals surface area (Å²) in [5.74, 6) is 0.709. The molecule has 0 heterocycles. The van der Waals surface area contributed by atoms with Gasteiger partial charge in [0.05, 0.1) is 13.7 Å². The van der Waals surface area contributed by atoms with Crippen molar-refractivity contribution in [1.29, 1.82) is 0 Å². The molecule has 2 aromatic carbocycles. The van der Waals surface area contributed by atoms with Crippen molar-refractivity contribution in [3.05, 3.63) is 59.7 Å². The van der Waals surface area contributed by atoms with Gasteiger partial charge in [-0.3, -0.25) is 0 Å². The van der Waals surface area contributed by atoms with Gasteiger partial charge in [0.2, 0.25) is 0 Å². The average molecular weight is 257 g/mol. The van der Waals surface area contributed by atoms with Gasteiger partial charge >= 0.3 is 0 Å². The Labute approximate surface area is 113 Å². The highest BCUT2D eigenvalue weighted by atomic mass is 16.5. The lowest BCUT2D eigenvalue weighted by molar-refractivity contribution is 0.274. The number of methoxy groups -OCH3 is 1. The van der Waals surface area contributed by atoms with Gasteiger partial charge in [-0.2, -0.15) is 0 Å². The average Bonchev–Trinajstić information content (AvgIpc) is 2.48. The molecule has 0 radical (unpaired) electrons. The Bertz CT molecular complexity index is 526. The number of rotatable bonds is 5. The predicted octanol–water partition coefficient (Wildman–Crippen LogP) is 3.36. The molecule has 0 saturated carbocycles. The smallest absolute Gasteiger partial charge is 0.124 e. The molecule has 2 rings (SSSR count). The topological polar surface area (TPSA) is 41.5 Å². The van der Waals surface area contributed by atoms with Crippen molar-refractivity contribution < 1.29 is 9.84 Å². The van der Waals surface area contributed by atoms with Gasteiger partial charge in [0.15, 0.2) is 0 Å². The van der Waals surface area contributed by atoms with Crippen LogP contribution in [0.3, 0.4) is 0 Å². The molecule has 0 aliphatic carbocycles. The molecule has 2 N–H and O–H groups in total. The number of aliphatic hydroxyl groups excluding tert-OH is 1. The van der Waals surface area contributed by atoms with E-state index in [1.54, 1.807) is 7.11 Å². The van der Waals surface area contributed by atoms with Gasteiger partial charge < -0.3 is 15.2 Å². The number of hydrogen-bond donors (Lipinski definition) is 2. The highest BCUT2D eigenvalue weighted by Crippen LogP contribution is 2.25. The lowest BCUT2D eigenvalue weighted by atomic mass is 10.1. The SMILES string of the molecule is COc1ccc(NC(C)c2ccccc2)cc1CO. The van der Waals surface area contributed by atoms with E-state index in [-0.39, 0.29) is 12.6 Å². The van der Waals surface area contributed by atoms with Crippen molar-refractivity contribution in [3.63, 3.8) is 0 Å². The van der Waals surface area contributed by atoms with Crippen molar-refractivity contribution in [1.82, 2.24) is 0 Å². The molecule has 0 amide bonds. The molecular weight excluding hydrogens is 238 g/mol. The Kier molecular flexibility index (Phi) is 4.42. The molecule has 100 valence electrons. The Morgan fingerprint density at radius 2 is 1.89 bits per heavy atom. The largest absolute Gasteiger partial charge is 0.496 e. The van der Waals surface area contributed by atoms with Crippen LogP contribution in [0.5, 0.6) is 5.75 Å². The van der Waals surface area contributed by atoms with Crippen molar-refractivity contribution in [3.8, 4) is 5.75 Å². The summed E-state index contributed by atoms with van der Waals surface area (Å²) in [6, 6.07) is 16.2. The number of benzene rings is 2. The van der Waals surface area contributed by atoms with Crippen LogP contribution >= 0.6 is 0 Å². The molecule has 0 aliphatic rings. The van der Waals surface area contributed by atoms with E-state index in [4.69, 9.17) is 4.74 Å². The monoisotopic (exact) mass is 257 g/mol. The molecule has 3 nitrogen and oxygen atoms in total. The molecule has 0 saturated heterocycles. The molecule has 0 spiro atoms. The summed E-state index contributed by atoms with van der Waals surface area (Å²) in [6.07, 6.45) is 0.